The van der Waals surface area contributed by atoms with Crippen molar-refractivity contribution in [2.45, 2.75) is 51.9 Å². The first-order valence-corrected chi connectivity index (χ1v) is 8.59. The van der Waals surface area contributed by atoms with Crippen LogP contribution in [0.3, 0.4) is 0 Å². The number of nitrogens with two attached hydrogens (primary N) is 1. The first kappa shape index (κ1) is 15.0. The molecule has 21 heavy (non-hydrogen) atoms. The second-order valence-electron chi connectivity index (χ2n) is 8.27. The largest absolute Gasteiger partial charge is 0.393 e. The Morgan fingerprint density at radius 2 is 1.81 bits per heavy atom. The van der Waals surface area contributed by atoms with Crippen LogP contribution in [0.5, 0.6) is 0 Å². The van der Waals surface area contributed by atoms with E-state index in [1.807, 2.05) is 0 Å². The van der Waals surface area contributed by atoms with Crippen molar-refractivity contribution in [1.82, 2.24) is 0 Å². The van der Waals surface area contributed by atoms with Crippen molar-refractivity contribution < 1.29 is 0 Å². The molecule has 2 saturated carbocycles. The Morgan fingerprint density at radius 3 is 2.43 bits per heavy atom. The molecule has 0 amide bonds. The first-order valence-electron chi connectivity index (χ1n) is 8.18. The predicted octanol–water partition coefficient (Wildman–Crippen LogP) is 4.69. The van der Waals surface area contributed by atoms with Crippen LogP contribution in [0.25, 0.3) is 0 Å². The maximum atomic E-state index is 6.09. The van der Waals surface area contributed by atoms with Gasteiger partial charge < -0.3 is 5.73 Å². The molecular formula is C19H27NS. The quantitative estimate of drug-likeness (QED) is 0.802. The minimum Gasteiger partial charge on any atom is -0.393 e. The summed E-state index contributed by atoms with van der Waals surface area (Å²) < 4.78 is 0. The first-order chi connectivity index (χ1) is 9.83. The Morgan fingerprint density at radius 1 is 1.14 bits per heavy atom. The second kappa shape index (κ2) is 5.08. The minimum atomic E-state index is 0.328. The van der Waals surface area contributed by atoms with Crippen LogP contribution in [0, 0.1) is 23.2 Å². The zero-order chi connectivity index (χ0) is 15.3. The summed E-state index contributed by atoms with van der Waals surface area (Å²) in [7, 11) is 0. The van der Waals surface area contributed by atoms with Gasteiger partial charge in [-0.05, 0) is 53.9 Å². The van der Waals surface area contributed by atoms with Gasteiger partial charge >= 0.3 is 0 Å². The van der Waals surface area contributed by atoms with Crippen LogP contribution in [0.2, 0.25) is 0 Å². The lowest BCUT2D eigenvalue weighted by Crippen LogP contribution is -2.52. The third-order valence-corrected chi connectivity index (χ3v) is 6.11. The van der Waals surface area contributed by atoms with Gasteiger partial charge in [-0.1, -0.05) is 63.3 Å². The van der Waals surface area contributed by atoms with E-state index in [-0.39, 0.29) is 0 Å². The molecule has 2 aliphatic rings. The number of fused-ring (bicyclic) bond motifs is 2. The lowest BCUT2D eigenvalue weighted by molar-refractivity contribution is 0.00952. The van der Waals surface area contributed by atoms with Crippen LogP contribution in [0.1, 0.15) is 52.0 Å². The molecule has 0 radical (unpaired) electrons. The van der Waals surface area contributed by atoms with Crippen molar-refractivity contribution in [2.75, 3.05) is 0 Å². The van der Waals surface area contributed by atoms with E-state index in [2.05, 4.69) is 51.1 Å². The number of thiocarbonyl (C=S) groups is 1. The Bertz CT molecular complexity index is 532. The predicted molar refractivity (Wildman–Crippen MR) is 93.3 cm³/mol. The van der Waals surface area contributed by atoms with Gasteiger partial charge in [0.05, 0.1) is 4.99 Å². The average molecular weight is 301 g/mol. The molecule has 0 aliphatic heterocycles. The van der Waals surface area contributed by atoms with E-state index >= 15 is 0 Å². The van der Waals surface area contributed by atoms with Crippen LogP contribution >= 0.6 is 12.2 Å². The van der Waals surface area contributed by atoms with Gasteiger partial charge in [-0.25, -0.2) is 0 Å². The number of benzene rings is 1. The van der Waals surface area contributed by atoms with Crippen molar-refractivity contribution >= 4 is 17.2 Å². The molecule has 2 N–H and O–H groups in total. The molecule has 114 valence electrons. The zero-order valence-electron chi connectivity index (χ0n) is 13.4. The molecule has 2 aliphatic carbocycles. The molecule has 3 rings (SSSR count). The SMILES string of the molecule is CC1CC2(c3ccccc3)CC(CC(C)(C)C2)C1C(N)=S. The molecule has 4 atom stereocenters. The summed E-state index contributed by atoms with van der Waals surface area (Å²) in [6, 6.07) is 11.1. The average Bonchev–Trinajstić information content (AvgIpc) is 2.36. The monoisotopic (exact) mass is 301 g/mol. The van der Waals surface area contributed by atoms with Crippen molar-refractivity contribution in [2.24, 2.45) is 28.9 Å². The smallest absolute Gasteiger partial charge is 0.0764 e. The maximum absolute atomic E-state index is 6.09. The standard InChI is InChI=1S/C19H27NS/c1-13-9-19(15-7-5-4-6-8-15)11-14(16(13)17(20)21)10-18(2,3)12-19/h4-8,13-14,16H,9-12H2,1-3H3,(H2,20,21). The topological polar surface area (TPSA) is 26.0 Å². The summed E-state index contributed by atoms with van der Waals surface area (Å²) in [5.41, 5.74) is 8.32. The van der Waals surface area contributed by atoms with Gasteiger partial charge in [0.2, 0.25) is 0 Å². The number of hydrogen-bond acceptors (Lipinski definition) is 1. The van der Waals surface area contributed by atoms with Crippen molar-refractivity contribution in [3.63, 3.8) is 0 Å². The van der Waals surface area contributed by atoms with Crippen molar-refractivity contribution in [1.29, 1.82) is 0 Å². The van der Waals surface area contributed by atoms with E-state index in [4.69, 9.17) is 18.0 Å². The van der Waals surface area contributed by atoms with E-state index in [0.717, 1.165) is 4.99 Å². The van der Waals surface area contributed by atoms with Crippen LogP contribution < -0.4 is 5.73 Å². The normalized spacial score (nSPS) is 38.0. The molecular weight excluding hydrogens is 274 g/mol. The van der Waals surface area contributed by atoms with Crippen LogP contribution in [0.15, 0.2) is 30.3 Å². The summed E-state index contributed by atoms with van der Waals surface area (Å²) in [5, 5.41) is 0. The minimum absolute atomic E-state index is 0.328. The van der Waals surface area contributed by atoms with E-state index in [9.17, 15) is 0 Å². The molecule has 2 fully saturated rings. The van der Waals surface area contributed by atoms with E-state index < -0.39 is 0 Å². The van der Waals surface area contributed by atoms with Crippen molar-refractivity contribution in [3.05, 3.63) is 35.9 Å². The van der Waals surface area contributed by atoms with Crippen LogP contribution in [-0.4, -0.2) is 4.99 Å². The van der Waals surface area contributed by atoms with Crippen molar-refractivity contribution in [3.8, 4) is 0 Å². The summed E-state index contributed by atoms with van der Waals surface area (Å²) in [4.78, 5) is 0.742. The molecule has 0 heterocycles. The molecule has 1 aromatic rings. The van der Waals surface area contributed by atoms with E-state index in [1.54, 1.807) is 0 Å². The van der Waals surface area contributed by atoms with Gasteiger partial charge in [-0.15, -0.1) is 0 Å². The van der Waals surface area contributed by atoms with Gasteiger partial charge in [0.15, 0.2) is 0 Å². The fourth-order valence-corrected chi connectivity index (χ4v) is 6.03. The van der Waals surface area contributed by atoms with Gasteiger partial charge in [-0.3, -0.25) is 0 Å². The van der Waals surface area contributed by atoms with E-state index in [1.165, 1.54) is 31.2 Å². The van der Waals surface area contributed by atoms with Gasteiger partial charge in [-0.2, -0.15) is 0 Å². The highest BCUT2D eigenvalue weighted by molar-refractivity contribution is 7.80. The zero-order valence-corrected chi connectivity index (χ0v) is 14.2. The fourth-order valence-electron chi connectivity index (χ4n) is 5.60. The Kier molecular flexibility index (Phi) is 3.64. The Hall–Kier alpha value is -0.890. The molecule has 1 nitrogen and oxygen atoms in total. The van der Waals surface area contributed by atoms with Gasteiger partial charge in [0.25, 0.3) is 0 Å². The molecule has 4 unspecified atom stereocenters. The Labute approximate surface area is 134 Å². The highest BCUT2D eigenvalue weighted by Crippen LogP contribution is 2.59. The van der Waals surface area contributed by atoms with E-state index in [0.29, 0.717) is 28.6 Å². The molecule has 0 saturated heterocycles. The van der Waals surface area contributed by atoms with Gasteiger partial charge in [0.1, 0.15) is 0 Å². The molecule has 2 heteroatoms. The van der Waals surface area contributed by atoms with Crippen LogP contribution in [0.4, 0.5) is 0 Å². The number of hydrogen-bond donors (Lipinski definition) is 1. The lowest BCUT2D eigenvalue weighted by atomic mass is 9.48. The molecule has 2 bridgehead atoms. The number of rotatable bonds is 2. The molecule has 0 aromatic heterocycles. The highest BCUT2D eigenvalue weighted by Gasteiger charge is 2.52. The summed E-state index contributed by atoms with van der Waals surface area (Å²) in [5.74, 6) is 1.67. The van der Waals surface area contributed by atoms with Gasteiger partial charge in [0, 0.05) is 5.92 Å². The maximum Gasteiger partial charge on any atom is 0.0764 e. The summed E-state index contributed by atoms with van der Waals surface area (Å²) in [6.07, 6.45) is 5.02. The van der Waals surface area contributed by atoms with Crippen LogP contribution in [-0.2, 0) is 5.41 Å². The Balaban J connectivity index is 2.03. The molecule has 0 spiro atoms. The fraction of sp³-hybridized carbons (Fsp3) is 0.632. The third-order valence-electron chi connectivity index (χ3n) is 5.83. The third kappa shape index (κ3) is 2.63. The molecule has 1 aromatic carbocycles. The lowest BCUT2D eigenvalue weighted by Gasteiger charge is -2.56. The second-order valence-corrected chi connectivity index (χ2v) is 8.74. The summed E-state index contributed by atoms with van der Waals surface area (Å²) >= 11 is 5.40. The highest BCUT2D eigenvalue weighted by atomic mass is 32.1. The summed E-state index contributed by atoms with van der Waals surface area (Å²) in [6.45, 7) is 7.19.